The van der Waals surface area contributed by atoms with Gasteiger partial charge in [0.1, 0.15) is 0 Å². The summed E-state index contributed by atoms with van der Waals surface area (Å²) in [5.74, 6) is 0. The fraction of sp³-hybridized carbons (Fsp3) is 1.00. The maximum absolute atomic E-state index is 8.50. The summed E-state index contributed by atoms with van der Waals surface area (Å²) >= 11 is -2.00. The fourth-order valence-corrected chi connectivity index (χ4v) is 0. The molecule has 0 aromatic carbocycles. The van der Waals surface area contributed by atoms with Crippen LogP contribution in [0.5, 0.6) is 0 Å². The van der Waals surface area contributed by atoms with E-state index in [0.717, 1.165) is 7.11 Å². The first-order chi connectivity index (χ1) is 2.41. The molecule has 6 heavy (non-hydrogen) atoms. The third kappa shape index (κ3) is 98.1. The second-order valence-electron chi connectivity index (χ2n) is 0.0833. The van der Waals surface area contributed by atoms with Gasteiger partial charge in [-0.1, -0.05) is 0 Å². The second-order valence-corrected chi connectivity index (χ2v) is 0.344. The average Bonchev–Trinajstić information content (AvgIpc) is 1.46. The Morgan fingerprint density at radius 2 is 1.33 bits per heavy atom. The molecule has 35 valence electrons. The predicted octanol–water partition coefficient (Wildman–Crippen LogP) is -0.634. The zero-order chi connectivity index (χ0) is 4.71. The summed E-state index contributed by atoms with van der Waals surface area (Å²) in [5.41, 5.74) is 0. The van der Waals surface area contributed by atoms with E-state index in [9.17, 15) is 0 Å². The molecule has 0 aliphatic heterocycles. The third-order valence-corrected chi connectivity index (χ3v) is 0. The molecule has 0 aliphatic rings. The van der Waals surface area contributed by atoms with Crippen LogP contribution in [0, 0.1) is 0 Å². The van der Waals surface area contributed by atoms with Gasteiger partial charge in [0, 0.05) is 25.7 Å². The van der Waals surface area contributed by atoms with Crippen LogP contribution in [-0.2, 0) is 44.3 Å². The van der Waals surface area contributed by atoms with E-state index in [1.54, 1.807) is 0 Å². The molecule has 0 fully saturated rings. The van der Waals surface area contributed by atoms with E-state index in [2.05, 4.69) is 0 Å². The van der Waals surface area contributed by atoms with Crippen molar-refractivity contribution >= 4 is 0 Å². The molecule has 0 bridgehead atoms. The van der Waals surface area contributed by atoms with Crippen LogP contribution >= 0.6 is 0 Å². The molecule has 0 saturated heterocycles. The summed E-state index contributed by atoms with van der Waals surface area (Å²) in [6.45, 7) is 0. The first kappa shape index (κ1) is 15.8. The van der Waals surface area contributed by atoms with Gasteiger partial charge >= 0.3 is 25.7 Å². The molecule has 5 heteroatoms. The van der Waals surface area contributed by atoms with Crippen molar-refractivity contribution in [1.82, 2.24) is 0 Å². The predicted molar refractivity (Wildman–Crippen MR) is 9.52 cm³/mol. The standard InChI is InChI=1S/CH4O.2O.Ti.V/c1-2;;;;/h2H,1H3;;;;. The topological polar surface area (TPSA) is 54.4 Å². The SMILES string of the molecule is CO.[O]=[Ti]=[O].[V]. The molecule has 0 saturated carbocycles. The van der Waals surface area contributed by atoms with Gasteiger partial charge in [0.2, 0.25) is 0 Å². The van der Waals surface area contributed by atoms with Gasteiger partial charge in [0.15, 0.2) is 0 Å². The van der Waals surface area contributed by atoms with Crippen molar-refractivity contribution in [2.45, 2.75) is 0 Å². The number of aliphatic hydroxyl groups excluding tert-OH is 1. The number of hydrogen-bond acceptors (Lipinski definition) is 3. The molecule has 0 aliphatic carbocycles. The van der Waals surface area contributed by atoms with Crippen LogP contribution in [0.1, 0.15) is 0 Å². The first-order valence-electron chi connectivity index (χ1n) is 0.855. The van der Waals surface area contributed by atoms with Crippen LogP contribution in [-0.4, -0.2) is 12.2 Å². The van der Waals surface area contributed by atoms with Crippen molar-refractivity contribution in [3.63, 3.8) is 0 Å². The van der Waals surface area contributed by atoms with E-state index < -0.39 is 19.1 Å². The molecule has 0 aromatic heterocycles. The summed E-state index contributed by atoms with van der Waals surface area (Å²) in [6, 6.07) is 0. The average molecular weight is 163 g/mol. The van der Waals surface area contributed by atoms with E-state index in [1.165, 1.54) is 0 Å². The summed E-state index contributed by atoms with van der Waals surface area (Å²) in [6.07, 6.45) is 0. The largest absolute Gasteiger partial charge is 0 e. The summed E-state index contributed by atoms with van der Waals surface area (Å²) in [7, 11) is 1.00. The molecule has 0 unspecified atom stereocenters. The van der Waals surface area contributed by atoms with Gasteiger partial charge in [-0.3, -0.25) is 0 Å². The van der Waals surface area contributed by atoms with Gasteiger partial charge in [0.05, 0.1) is 0 Å². The van der Waals surface area contributed by atoms with E-state index in [-0.39, 0.29) is 18.6 Å². The molecule has 0 amide bonds. The molecular weight excluding hydrogens is 159 g/mol. The molecule has 1 N–H and O–H groups in total. The first-order valence-corrected chi connectivity index (χ1v) is 2.13. The minimum Gasteiger partial charge on any atom is 0 e. The van der Waals surface area contributed by atoms with Crippen molar-refractivity contribution in [2.75, 3.05) is 7.11 Å². The molecule has 3 nitrogen and oxygen atoms in total. The Hall–Kier alpha value is 0.859. The Balaban J connectivity index is -0.0000000275. The molecule has 0 heterocycles. The Bertz CT molecular complexity index is 31.8. The fourth-order valence-electron chi connectivity index (χ4n) is 0. The second kappa shape index (κ2) is 40.0. The van der Waals surface area contributed by atoms with E-state index in [4.69, 9.17) is 11.8 Å². The van der Waals surface area contributed by atoms with Crippen molar-refractivity contribution < 1.29 is 49.4 Å². The maximum atomic E-state index is 8.50. The molecule has 0 aromatic rings. The van der Waals surface area contributed by atoms with Gasteiger partial charge < -0.3 is 5.11 Å². The van der Waals surface area contributed by atoms with Crippen LogP contribution in [0.4, 0.5) is 0 Å². The molecule has 0 spiro atoms. The van der Waals surface area contributed by atoms with Crippen LogP contribution in [0.3, 0.4) is 0 Å². The minimum atomic E-state index is -2.00. The van der Waals surface area contributed by atoms with Gasteiger partial charge in [-0.2, -0.15) is 0 Å². The zero-order valence-corrected chi connectivity index (χ0v) is 6.17. The van der Waals surface area contributed by atoms with Gasteiger partial charge in [-0.05, 0) is 0 Å². The van der Waals surface area contributed by atoms with Gasteiger partial charge in [-0.25, -0.2) is 0 Å². The maximum Gasteiger partial charge on any atom is 0 e. The smallest absolute Gasteiger partial charge is 0 e. The van der Waals surface area contributed by atoms with Crippen molar-refractivity contribution in [3.8, 4) is 0 Å². The third-order valence-electron chi connectivity index (χ3n) is 0. The zero-order valence-electron chi connectivity index (χ0n) is 3.21. The minimum absolute atomic E-state index is 0. The Labute approximate surface area is 56.6 Å². The van der Waals surface area contributed by atoms with E-state index in [1.807, 2.05) is 0 Å². The van der Waals surface area contributed by atoms with Gasteiger partial charge in [-0.15, -0.1) is 0 Å². The summed E-state index contributed by atoms with van der Waals surface area (Å²) in [5, 5.41) is 7.00. The normalized spacial score (nSPS) is 2.33. The summed E-state index contributed by atoms with van der Waals surface area (Å²) in [4.78, 5) is 0. The van der Waals surface area contributed by atoms with E-state index >= 15 is 0 Å². The molecular formula is CH4O3TiV. The van der Waals surface area contributed by atoms with Crippen molar-refractivity contribution in [1.29, 1.82) is 0 Å². The number of aliphatic hydroxyl groups is 1. The Morgan fingerprint density at radius 1 is 1.33 bits per heavy atom. The van der Waals surface area contributed by atoms with E-state index in [0.29, 0.717) is 0 Å². The quantitative estimate of drug-likeness (QED) is 0.483. The van der Waals surface area contributed by atoms with Crippen LogP contribution in [0.25, 0.3) is 0 Å². The van der Waals surface area contributed by atoms with Crippen molar-refractivity contribution in [2.24, 2.45) is 0 Å². The molecule has 1 radical (unpaired) electrons. The van der Waals surface area contributed by atoms with Crippen LogP contribution in [0.2, 0.25) is 0 Å². The van der Waals surface area contributed by atoms with Crippen LogP contribution < -0.4 is 0 Å². The Morgan fingerprint density at radius 3 is 1.33 bits per heavy atom. The van der Waals surface area contributed by atoms with Gasteiger partial charge in [0.25, 0.3) is 0 Å². The number of rotatable bonds is 0. The molecule has 0 rings (SSSR count). The summed E-state index contributed by atoms with van der Waals surface area (Å²) < 4.78 is 17.0. The van der Waals surface area contributed by atoms with Crippen LogP contribution in [0.15, 0.2) is 0 Å². The number of hydrogen-bond donors (Lipinski definition) is 1. The Kier molecular flexibility index (Phi) is 105. The van der Waals surface area contributed by atoms with Crippen molar-refractivity contribution in [3.05, 3.63) is 0 Å². The molecule has 0 atom stereocenters. The monoisotopic (exact) mass is 163 g/mol.